The SMILES string of the molecule is CCC1CCC(NC(=NCc2nnc(C)n2C)NCCCOC)CC1.I. The molecule has 2 rings (SSSR count). The molecule has 0 aliphatic heterocycles. The molecule has 0 spiro atoms. The first kappa shape index (κ1) is 23.1. The zero-order valence-corrected chi connectivity index (χ0v) is 19.0. The number of methoxy groups -OCH3 is 1. The Labute approximate surface area is 174 Å². The molecular weight excluding hydrogens is 443 g/mol. The lowest BCUT2D eigenvalue weighted by Gasteiger charge is -2.29. The van der Waals surface area contributed by atoms with Crippen LogP contribution in [0.25, 0.3) is 0 Å². The molecule has 150 valence electrons. The molecule has 0 amide bonds. The average Bonchev–Trinajstić information content (AvgIpc) is 2.95. The lowest BCUT2D eigenvalue weighted by Crippen LogP contribution is -2.45. The fourth-order valence-electron chi connectivity index (χ4n) is 3.22. The molecule has 0 saturated heterocycles. The molecule has 0 bridgehead atoms. The van der Waals surface area contributed by atoms with Gasteiger partial charge in [0, 0.05) is 33.4 Å². The first-order valence-electron chi connectivity index (χ1n) is 9.52. The number of ether oxygens (including phenoxy) is 1. The maximum atomic E-state index is 5.12. The Hall–Kier alpha value is -0.900. The summed E-state index contributed by atoms with van der Waals surface area (Å²) in [4.78, 5) is 4.73. The minimum atomic E-state index is 0. The molecule has 0 radical (unpaired) electrons. The van der Waals surface area contributed by atoms with E-state index in [9.17, 15) is 0 Å². The second kappa shape index (κ2) is 12.5. The van der Waals surface area contributed by atoms with Crippen LogP contribution in [-0.4, -0.2) is 47.0 Å². The molecule has 7 nitrogen and oxygen atoms in total. The monoisotopic (exact) mass is 478 g/mol. The van der Waals surface area contributed by atoms with Crippen molar-refractivity contribution >= 4 is 29.9 Å². The minimum absolute atomic E-state index is 0. The fourth-order valence-corrected chi connectivity index (χ4v) is 3.22. The zero-order chi connectivity index (χ0) is 18.1. The van der Waals surface area contributed by atoms with Crippen LogP contribution in [0, 0.1) is 12.8 Å². The van der Waals surface area contributed by atoms with Crippen LogP contribution in [0.1, 0.15) is 57.1 Å². The van der Waals surface area contributed by atoms with Gasteiger partial charge in [0.25, 0.3) is 0 Å². The standard InChI is InChI=1S/C18H34N6O.HI/c1-5-15-7-9-16(10-8-15)21-18(19-11-6-12-25-4)20-13-17-23-22-14(2)24(17)3;/h15-16H,5-13H2,1-4H3,(H2,19,20,21);1H. The molecule has 1 fully saturated rings. The molecule has 0 atom stereocenters. The number of aromatic nitrogens is 3. The zero-order valence-electron chi connectivity index (χ0n) is 16.6. The lowest BCUT2D eigenvalue weighted by atomic mass is 9.84. The predicted molar refractivity (Wildman–Crippen MR) is 116 cm³/mol. The van der Waals surface area contributed by atoms with Gasteiger partial charge in [0.15, 0.2) is 11.8 Å². The van der Waals surface area contributed by atoms with Gasteiger partial charge in [-0.1, -0.05) is 13.3 Å². The Bertz CT molecular complexity index is 540. The van der Waals surface area contributed by atoms with Crippen molar-refractivity contribution in [2.45, 2.75) is 65.0 Å². The van der Waals surface area contributed by atoms with Crippen molar-refractivity contribution in [2.75, 3.05) is 20.3 Å². The van der Waals surface area contributed by atoms with E-state index in [0.29, 0.717) is 12.6 Å². The molecule has 1 saturated carbocycles. The van der Waals surface area contributed by atoms with E-state index in [2.05, 4.69) is 27.8 Å². The first-order chi connectivity index (χ1) is 12.1. The Morgan fingerprint density at radius 3 is 2.58 bits per heavy atom. The maximum Gasteiger partial charge on any atom is 0.191 e. The van der Waals surface area contributed by atoms with Gasteiger partial charge in [-0.15, -0.1) is 34.2 Å². The van der Waals surface area contributed by atoms with E-state index in [0.717, 1.165) is 43.1 Å². The first-order valence-corrected chi connectivity index (χ1v) is 9.52. The number of hydrogen-bond acceptors (Lipinski definition) is 4. The van der Waals surface area contributed by atoms with Crippen molar-refractivity contribution in [3.05, 3.63) is 11.6 Å². The second-order valence-electron chi connectivity index (χ2n) is 6.93. The number of hydrogen-bond donors (Lipinski definition) is 2. The summed E-state index contributed by atoms with van der Waals surface area (Å²) in [6.45, 7) is 6.38. The van der Waals surface area contributed by atoms with Gasteiger partial charge in [0.05, 0.1) is 0 Å². The van der Waals surface area contributed by atoms with E-state index < -0.39 is 0 Å². The number of rotatable bonds is 8. The van der Waals surface area contributed by atoms with Crippen molar-refractivity contribution in [3.8, 4) is 0 Å². The Morgan fingerprint density at radius 1 is 1.27 bits per heavy atom. The van der Waals surface area contributed by atoms with Gasteiger partial charge in [-0.05, 0) is 44.9 Å². The molecule has 2 N–H and O–H groups in total. The number of nitrogens with zero attached hydrogens (tertiary/aromatic N) is 4. The number of guanidine groups is 1. The van der Waals surface area contributed by atoms with Crippen molar-refractivity contribution < 1.29 is 4.74 Å². The maximum absolute atomic E-state index is 5.12. The Morgan fingerprint density at radius 2 is 2.00 bits per heavy atom. The topological polar surface area (TPSA) is 76.4 Å². The highest BCUT2D eigenvalue weighted by Crippen LogP contribution is 2.26. The van der Waals surface area contributed by atoms with E-state index in [4.69, 9.17) is 9.73 Å². The molecule has 1 aliphatic carbocycles. The summed E-state index contributed by atoms with van der Waals surface area (Å²) >= 11 is 0. The molecule has 26 heavy (non-hydrogen) atoms. The number of aryl methyl sites for hydroxylation is 1. The van der Waals surface area contributed by atoms with Crippen LogP contribution in [0.15, 0.2) is 4.99 Å². The summed E-state index contributed by atoms with van der Waals surface area (Å²) in [7, 11) is 3.71. The molecule has 0 unspecified atom stereocenters. The van der Waals surface area contributed by atoms with Crippen LogP contribution in [0.3, 0.4) is 0 Å². The lowest BCUT2D eigenvalue weighted by molar-refractivity contribution is 0.195. The fraction of sp³-hybridized carbons (Fsp3) is 0.833. The van der Waals surface area contributed by atoms with Crippen molar-refractivity contribution in [1.29, 1.82) is 0 Å². The van der Waals surface area contributed by atoms with Crippen LogP contribution in [0.5, 0.6) is 0 Å². The highest BCUT2D eigenvalue weighted by molar-refractivity contribution is 14.0. The molecule has 1 aliphatic rings. The van der Waals surface area contributed by atoms with E-state index in [1.807, 2.05) is 18.5 Å². The Kier molecular flexibility index (Phi) is 11.1. The highest BCUT2D eigenvalue weighted by Gasteiger charge is 2.20. The minimum Gasteiger partial charge on any atom is -0.385 e. The average molecular weight is 478 g/mol. The molecule has 1 aromatic heterocycles. The summed E-state index contributed by atoms with van der Waals surface area (Å²) in [5.41, 5.74) is 0. The van der Waals surface area contributed by atoms with Gasteiger partial charge in [-0.3, -0.25) is 0 Å². The van der Waals surface area contributed by atoms with E-state index in [-0.39, 0.29) is 24.0 Å². The van der Waals surface area contributed by atoms with Crippen LogP contribution < -0.4 is 10.6 Å². The van der Waals surface area contributed by atoms with Crippen LogP contribution >= 0.6 is 24.0 Å². The van der Waals surface area contributed by atoms with E-state index >= 15 is 0 Å². The van der Waals surface area contributed by atoms with Crippen molar-refractivity contribution in [3.63, 3.8) is 0 Å². The number of nitrogens with one attached hydrogen (secondary N) is 2. The highest BCUT2D eigenvalue weighted by atomic mass is 127. The van der Waals surface area contributed by atoms with Crippen molar-refractivity contribution in [1.82, 2.24) is 25.4 Å². The Balaban J connectivity index is 0.00000338. The summed E-state index contributed by atoms with van der Waals surface area (Å²) in [5, 5.41) is 15.3. The summed E-state index contributed by atoms with van der Waals surface area (Å²) in [6.07, 6.45) is 7.33. The van der Waals surface area contributed by atoms with Crippen LogP contribution in [0.2, 0.25) is 0 Å². The third kappa shape index (κ3) is 7.38. The predicted octanol–water partition coefficient (Wildman–Crippen LogP) is 2.78. The summed E-state index contributed by atoms with van der Waals surface area (Å²) < 4.78 is 7.11. The van der Waals surface area contributed by atoms with Gasteiger partial charge in [0.2, 0.25) is 0 Å². The van der Waals surface area contributed by atoms with Gasteiger partial charge >= 0.3 is 0 Å². The van der Waals surface area contributed by atoms with Crippen LogP contribution in [-0.2, 0) is 18.3 Å². The summed E-state index contributed by atoms with van der Waals surface area (Å²) in [6, 6.07) is 0.512. The number of aliphatic imine (C=N–C) groups is 1. The third-order valence-corrected chi connectivity index (χ3v) is 5.14. The molecule has 0 aromatic carbocycles. The third-order valence-electron chi connectivity index (χ3n) is 5.14. The molecular formula is C18H35IN6O. The molecule has 1 aromatic rings. The van der Waals surface area contributed by atoms with E-state index in [1.54, 1.807) is 7.11 Å². The smallest absolute Gasteiger partial charge is 0.191 e. The van der Waals surface area contributed by atoms with E-state index in [1.165, 1.54) is 32.1 Å². The van der Waals surface area contributed by atoms with Crippen molar-refractivity contribution in [2.24, 2.45) is 18.0 Å². The van der Waals surface area contributed by atoms with Gasteiger partial charge in [-0.25, -0.2) is 4.99 Å². The summed E-state index contributed by atoms with van der Waals surface area (Å²) in [5.74, 6) is 3.56. The largest absolute Gasteiger partial charge is 0.385 e. The quantitative estimate of drug-likeness (QED) is 0.260. The second-order valence-corrected chi connectivity index (χ2v) is 6.93. The molecule has 1 heterocycles. The van der Waals surface area contributed by atoms with Gasteiger partial charge in [-0.2, -0.15) is 0 Å². The molecule has 8 heteroatoms. The van der Waals surface area contributed by atoms with Crippen LogP contribution in [0.4, 0.5) is 0 Å². The normalized spacial score (nSPS) is 20.5. The van der Waals surface area contributed by atoms with Gasteiger partial charge in [0.1, 0.15) is 12.4 Å². The number of halogens is 1. The van der Waals surface area contributed by atoms with Gasteiger partial charge < -0.3 is 19.9 Å².